The van der Waals surface area contributed by atoms with E-state index in [1.807, 2.05) is 12.2 Å². The van der Waals surface area contributed by atoms with Crippen molar-refractivity contribution in [2.75, 3.05) is 26.4 Å². The summed E-state index contributed by atoms with van der Waals surface area (Å²) in [4.78, 5) is 0. The van der Waals surface area contributed by atoms with Gasteiger partial charge in [0.25, 0.3) is 0 Å². The smallest absolute Gasteiger partial charge is 0.0465 e. The first-order valence-electron chi connectivity index (χ1n) is 8.88. The van der Waals surface area contributed by atoms with Crippen LogP contribution in [0.5, 0.6) is 0 Å². The molecule has 0 unspecified atom stereocenters. The van der Waals surface area contributed by atoms with Crippen LogP contribution < -0.4 is 0 Å². The van der Waals surface area contributed by atoms with Gasteiger partial charge in [-0.3, -0.25) is 0 Å². The first-order chi connectivity index (χ1) is 11.6. The van der Waals surface area contributed by atoms with E-state index in [1.165, 1.54) is 6.42 Å². The highest BCUT2D eigenvalue weighted by Crippen LogP contribution is 1.82. The summed E-state index contributed by atoms with van der Waals surface area (Å²) in [5, 5.41) is 32.0. The van der Waals surface area contributed by atoms with E-state index >= 15 is 0 Å². The standard InChI is InChI=1S/C6H12O.C4H8O.C4H8.C3H8O2.C3H8/c1-2-3-4-5-6-7;1-2-3-4-5;1-3-4-2;4-2-1-3-5;1-3-2/h3-4,7H,2,5-6H2,1H3;2,5H,1,3-4H2;3H,1,4H2,2H3;4-5H,1-3H2;3H2,1-2H3/b4-3+;;;;. The zero-order chi connectivity index (χ0) is 19.9. The summed E-state index contributed by atoms with van der Waals surface area (Å²) >= 11 is 0. The van der Waals surface area contributed by atoms with Crippen LogP contribution in [-0.2, 0) is 0 Å². The van der Waals surface area contributed by atoms with Crippen LogP contribution in [0.2, 0.25) is 0 Å². The molecule has 4 N–H and O–H groups in total. The fraction of sp³-hybridized carbons (Fsp3) is 0.700. The molecule has 0 fully saturated rings. The summed E-state index contributed by atoms with van der Waals surface area (Å²) in [6.45, 7) is 15.9. The minimum atomic E-state index is 0.0938. The fourth-order valence-corrected chi connectivity index (χ4v) is 0.521. The molecular formula is C20H44O4. The second kappa shape index (κ2) is 57.4. The van der Waals surface area contributed by atoms with E-state index in [9.17, 15) is 0 Å². The fourth-order valence-electron chi connectivity index (χ4n) is 0.521. The summed E-state index contributed by atoms with van der Waals surface area (Å²) in [5.74, 6) is 0. The molecular weight excluding hydrogens is 304 g/mol. The van der Waals surface area contributed by atoms with Gasteiger partial charge in [-0.05, 0) is 32.1 Å². The molecule has 0 saturated heterocycles. The molecule has 0 atom stereocenters. The Balaban J connectivity index is -0.0000000646. The Kier molecular flexibility index (Phi) is 82.2. The Morgan fingerprint density at radius 2 is 1.04 bits per heavy atom. The molecule has 0 spiro atoms. The van der Waals surface area contributed by atoms with Crippen molar-refractivity contribution in [3.63, 3.8) is 0 Å². The van der Waals surface area contributed by atoms with Crippen molar-refractivity contribution in [1.82, 2.24) is 0 Å². The maximum atomic E-state index is 8.24. The van der Waals surface area contributed by atoms with Gasteiger partial charge in [-0.25, -0.2) is 0 Å². The van der Waals surface area contributed by atoms with Gasteiger partial charge in [0.2, 0.25) is 0 Å². The molecule has 4 heteroatoms. The van der Waals surface area contributed by atoms with Gasteiger partial charge in [-0.2, -0.15) is 0 Å². The molecule has 0 radical (unpaired) electrons. The average molecular weight is 349 g/mol. The number of aliphatic hydroxyl groups is 4. The van der Waals surface area contributed by atoms with Gasteiger partial charge < -0.3 is 20.4 Å². The van der Waals surface area contributed by atoms with Crippen LogP contribution in [0.3, 0.4) is 0 Å². The zero-order valence-electron chi connectivity index (χ0n) is 16.6. The quantitative estimate of drug-likeness (QED) is 0.494. The van der Waals surface area contributed by atoms with Gasteiger partial charge >= 0.3 is 0 Å². The van der Waals surface area contributed by atoms with Gasteiger partial charge in [0.15, 0.2) is 0 Å². The maximum Gasteiger partial charge on any atom is 0.0465 e. The van der Waals surface area contributed by atoms with Crippen LogP contribution in [0.15, 0.2) is 37.5 Å². The topological polar surface area (TPSA) is 80.9 Å². The second-order valence-electron chi connectivity index (χ2n) is 4.40. The molecule has 4 nitrogen and oxygen atoms in total. The van der Waals surface area contributed by atoms with E-state index in [4.69, 9.17) is 20.4 Å². The maximum absolute atomic E-state index is 8.24. The lowest BCUT2D eigenvalue weighted by molar-refractivity contribution is 0.221. The van der Waals surface area contributed by atoms with Gasteiger partial charge in [-0.15, -0.1) is 13.2 Å². The van der Waals surface area contributed by atoms with Crippen LogP contribution in [0.25, 0.3) is 0 Å². The summed E-state index contributed by atoms with van der Waals surface area (Å²) in [6, 6.07) is 0. The van der Waals surface area contributed by atoms with Crippen molar-refractivity contribution >= 4 is 0 Å². The van der Waals surface area contributed by atoms with E-state index < -0.39 is 0 Å². The van der Waals surface area contributed by atoms with E-state index in [0.29, 0.717) is 12.8 Å². The highest BCUT2D eigenvalue weighted by Gasteiger charge is 1.70. The molecule has 0 saturated carbocycles. The van der Waals surface area contributed by atoms with Crippen molar-refractivity contribution in [2.24, 2.45) is 0 Å². The van der Waals surface area contributed by atoms with E-state index in [2.05, 4.69) is 46.9 Å². The number of hydrogen-bond acceptors (Lipinski definition) is 4. The van der Waals surface area contributed by atoms with E-state index in [-0.39, 0.29) is 26.4 Å². The van der Waals surface area contributed by atoms with E-state index in [1.54, 1.807) is 6.08 Å². The molecule has 0 aromatic heterocycles. The monoisotopic (exact) mass is 348 g/mol. The number of allylic oxidation sites excluding steroid dienone is 2. The third kappa shape index (κ3) is 130. The molecule has 0 aliphatic heterocycles. The summed E-state index contributed by atoms with van der Waals surface area (Å²) in [6.07, 6.45) is 13.0. The third-order valence-electron chi connectivity index (χ3n) is 1.64. The Labute approximate surface area is 151 Å². The SMILES string of the molecule is C=CCC.C=CCCO.CC/C=C/CCO.CCC.OCCCO. The Bertz CT molecular complexity index is 190. The van der Waals surface area contributed by atoms with Crippen molar-refractivity contribution in [3.8, 4) is 0 Å². The lowest BCUT2D eigenvalue weighted by Crippen LogP contribution is -1.85. The molecule has 148 valence electrons. The normalized spacial score (nSPS) is 8.17. The molecule has 24 heavy (non-hydrogen) atoms. The van der Waals surface area contributed by atoms with Gasteiger partial charge in [0, 0.05) is 26.4 Å². The van der Waals surface area contributed by atoms with Crippen molar-refractivity contribution < 1.29 is 20.4 Å². The van der Waals surface area contributed by atoms with Crippen LogP contribution in [-0.4, -0.2) is 46.9 Å². The van der Waals surface area contributed by atoms with Gasteiger partial charge in [0.05, 0.1) is 0 Å². The predicted molar refractivity (Wildman–Crippen MR) is 108 cm³/mol. The first kappa shape index (κ1) is 34.4. The number of rotatable bonds is 8. The average Bonchev–Trinajstić information content (AvgIpc) is 2.59. The molecule has 0 heterocycles. The molecule has 0 amide bonds. The van der Waals surface area contributed by atoms with Crippen molar-refractivity contribution in [1.29, 1.82) is 0 Å². The minimum Gasteiger partial charge on any atom is -0.396 e. The Morgan fingerprint density at radius 1 is 0.625 bits per heavy atom. The molecule has 0 aliphatic carbocycles. The molecule has 0 aromatic rings. The highest BCUT2D eigenvalue weighted by molar-refractivity contribution is 4.79. The molecule has 0 bridgehead atoms. The largest absolute Gasteiger partial charge is 0.396 e. The Morgan fingerprint density at radius 3 is 1.17 bits per heavy atom. The lowest BCUT2D eigenvalue weighted by atomic mass is 10.3. The van der Waals surface area contributed by atoms with E-state index in [0.717, 1.165) is 19.3 Å². The van der Waals surface area contributed by atoms with Gasteiger partial charge in [-0.1, -0.05) is 58.4 Å². The third-order valence-corrected chi connectivity index (χ3v) is 1.64. The molecule has 0 aliphatic rings. The Hall–Kier alpha value is -0.940. The number of aliphatic hydroxyl groups excluding tert-OH is 4. The summed E-state index contributed by atoms with van der Waals surface area (Å²) in [7, 11) is 0. The summed E-state index contributed by atoms with van der Waals surface area (Å²) in [5.41, 5.74) is 0. The van der Waals surface area contributed by atoms with Crippen molar-refractivity contribution in [2.45, 2.75) is 66.2 Å². The lowest BCUT2D eigenvalue weighted by Gasteiger charge is -1.79. The van der Waals surface area contributed by atoms with Crippen LogP contribution in [0, 0.1) is 0 Å². The number of hydrogen-bond donors (Lipinski definition) is 4. The second-order valence-corrected chi connectivity index (χ2v) is 4.40. The zero-order valence-corrected chi connectivity index (χ0v) is 16.6. The molecule has 0 aromatic carbocycles. The van der Waals surface area contributed by atoms with Gasteiger partial charge in [0.1, 0.15) is 0 Å². The highest BCUT2D eigenvalue weighted by atomic mass is 16.3. The first-order valence-corrected chi connectivity index (χ1v) is 8.88. The molecule has 0 rings (SSSR count). The van der Waals surface area contributed by atoms with Crippen LogP contribution in [0.4, 0.5) is 0 Å². The minimum absolute atomic E-state index is 0.0938. The summed E-state index contributed by atoms with van der Waals surface area (Å²) < 4.78 is 0. The van der Waals surface area contributed by atoms with Crippen LogP contribution >= 0.6 is 0 Å². The predicted octanol–water partition coefficient (Wildman–Crippen LogP) is 4.25. The van der Waals surface area contributed by atoms with Crippen LogP contribution in [0.1, 0.15) is 66.2 Å². The van der Waals surface area contributed by atoms with Crippen molar-refractivity contribution in [3.05, 3.63) is 37.5 Å².